The van der Waals surface area contributed by atoms with E-state index in [4.69, 9.17) is 0 Å². The molecule has 0 aromatic heterocycles. The average Bonchev–Trinajstić information content (AvgIpc) is 2.87. The number of hydrogen-bond acceptors (Lipinski definition) is 2. The van der Waals surface area contributed by atoms with Crippen LogP contribution in [0.5, 0.6) is 0 Å². The first-order valence-corrected chi connectivity index (χ1v) is 7.65. The van der Waals surface area contributed by atoms with E-state index in [1.165, 1.54) is 30.6 Å². The fourth-order valence-electron chi connectivity index (χ4n) is 3.20. The van der Waals surface area contributed by atoms with E-state index in [0.29, 0.717) is 12.1 Å². The molecule has 106 valence electrons. The molecule has 0 saturated carbocycles. The van der Waals surface area contributed by atoms with Crippen LogP contribution in [-0.4, -0.2) is 31.1 Å². The van der Waals surface area contributed by atoms with Crippen LogP contribution >= 0.6 is 0 Å². The quantitative estimate of drug-likeness (QED) is 0.874. The Morgan fingerprint density at radius 1 is 1.32 bits per heavy atom. The van der Waals surface area contributed by atoms with Gasteiger partial charge in [-0.15, -0.1) is 0 Å². The summed E-state index contributed by atoms with van der Waals surface area (Å²) in [7, 11) is 2.08. The van der Waals surface area contributed by atoms with Crippen molar-refractivity contribution in [1.29, 1.82) is 0 Å². The molecule has 0 bridgehead atoms. The van der Waals surface area contributed by atoms with Crippen molar-refractivity contribution < 1.29 is 0 Å². The van der Waals surface area contributed by atoms with Crippen LogP contribution in [0.15, 0.2) is 24.3 Å². The van der Waals surface area contributed by atoms with Gasteiger partial charge in [0.15, 0.2) is 0 Å². The highest BCUT2D eigenvalue weighted by Gasteiger charge is 2.28. The Balaban J connectivity index is 2.09. The maximum absolute atomic E-state index is 3.51. The third-order valence-electron chi connectivity index (χ3n) is 4.57. The summed E-state index contributed by atoms with van der Waals surface area (Å²) in [5.74, 6) is 0.849. The summed E-state index contributed by atoms with van der Waals surface area (Å²) >= 11 is 0. The predicted molar refractivity (Wildman–Crippen MR) is 82.4 cm³/mol. The number of nitrogens with one attached hydrogen (secondary N) is 1. The second-order valence-electron chi connectivity index (χ2n) is 5.99. The number of aryl methyl sites for hydroxylation is 1. The fourth-order valence-corrected chi connectivity index (χ4v) is 3.20. The van der Waals surface area contributed by atoms with E-state index in [-0.39, 0.29) is 0 Å². The molecule has 1 N–H and O–H groups in total. The molecule has 0 amide bonds. The molecular formula is C17H28N2. The summed E-state index contributed by atoms with van der Waals surface area (Å²) < 4.78 is 0. The molecule has 1 aliphatic heterocycles. The van der Waals surface area contributed by atoms with Gasteiger partial charge in [-0.1, -0.05) is 38.1 Å². The van der Waals surface area contributed by atoms with Gasteiger partial charge >= 0.3 is 0 Å². The van der Waals surface area contributed by atoms with Gasteiger partial charge < -0.3 is 5.32 Å². The Hall–Kier alpha value is -0.860. The Labute approximate surface area is 118 Å². The first-order valence-electron chi connectivity index (χ1n) is 7.65. The molecule has 0 radical (unpaired) electrons. The number of hydrogen-bond donors (Lipinski definition) is 1. The number of nitrogens with zero attached hydrogens (tertiary/aromatic N) is 1. The Kier molecular flexibility index (Phi) is 5.00. The number of likely N-dealkylation sites (N-methyl/N-ethyl adjacent to an activating group) is 1. The van der Waals surface area contributed by atoms with Crippen LogP contribution in [0, 0.1) is 5.92 Å². The van der Waals surface area contributed by atoms with E-state index in [2.05, 4.69) is 62.3 Å². The van der Waals surface area contributed by atoms with Crippen LogP contribution in [-0.2, 0) is 6.42 Å². The zero-order valence-electron chi connectivity index (χ0n) is 12.8. The van der Waals surface area contributed by atoms with Gasteiger partial charge in [0.05, 0.1) is 0 Å². The molecule has 1 aromatic carbocycles. The standard InChI is InChI=1S/C17H28N2/c1-5-15-6-8-16(9-7-15)17(18-4)14(3)19-11-10-13(2)12-19/h6-9,13-14,17-18H,5,10-12H2,1-4H3. The highest BCUT2D eigenvalue weighted by molar-refractivity contribution is 5.26. The van der Waals surface area contributed by atoms with Crippen LogP contribution in [0.4, 0.5) is 0 Å². The van der Waals surface area contributed by atoms with Gasteiger partial charge in [0.25, 0.3) is 0 Å². The Morgan fingerprint density at radius 3 is 2.47 bits per heavy atom. The van der Waals surface area contributed by atoms with Crippen molar-refractivity contribution in [2.24, 2.45) is 5.92 Å². The normalized spacial score (nSPS) is 23.5. The van der Waals surface area contributed by atoms with Crippen molar-refractivity contribution in [3.8, 4) is 0 Å². The van der Waals surface area contributed by atoms with Crippen molar-refractivity contribution in [2.75, 3.05) is 20.1 Å². The summed E-state index contributed by atoms with van der Waals surface area (Å²) in [5.41, 5.74) is 2.83. The molecule has 19 heavy (non-hydrogen) atoms. The number of rotatable bonds is 5. The summed E-state index contributed by atoms with van der Waals surface area (Å²) in [4.78, 5) is 2.62. The smallest absolute Gasteiger partial charge is 0.0473 e. The lowest BCUT2D eigenvalue weighted by Gasteiger charge is -2.32. The van der Waals surface area contributed by atoms with E-state index in [1.807, 2.05) is 0 Å². The van der Waals surface area contributed by atoms with Crippen LogP contribution < -0.4 is 5.32 Å². The highest BCUT2D eigenvalue weighted by Crippen LogP contribution is 2.26. The topological polar surface area (TPSA) is 15.3 Å². The summed E-state index contributed by atoms with van der Waals surface area (Å²) in [6, 6.07) is 10.1. The maximum atomic E-state index is 3.51. The molecular weight excluding hydrogens is 232 g/mol. The Bertz CT molecular complexity index is 385. The van der Waals surface area contributed by atoms with Crippen LogP contribution in [0.2, 0.25) is 0 Å². The molecule has 3 atom stereocenters. The molecule has 1 aromatic rings. The molecule has 1 fully saturated rings. The molecule has 0 spiro atoms. The van der Waals surface area contributed by atoms with Crippen molar-refractivity contribution in [3.63, 3.8) is 0 Å². The molecule has 1 aliphatic rings. The highest BCUT2D eigenvalue weighted by atomic mass is 15.2. The molecule has 2 rings (SSSR count). The molecule has 2 heteroatoms. The summed E-state index contributed by atoms with van der Waals surface area (Å²) in [6.07, 6.45) is 2.46. The zero-order valence-corrected chi connectivity index (χ0v) is 12.8. The van der Waals surface area contributed by atoms with Crippen LogP contribution in [0.3, 0.4) is 0 Å². The van der Waals surface area contributed by atoms with Gasteiger partial charge in [-0.25, -0.2) is 0 Å². The van der Waals surface area contributed by atoms with Crippen molar-refractivity contribution in [2.45, 2.75) is 45.7 Å². The lowest BCUT2D eigenvalue weighted by atomic mass is 9.98. The van der Waals surface area contributed by atoms with Crippen LogP contribution in [0.25, 0.3) is 0 Å². The first-order chi connectivity index (χ1) is 9.15. The second-order valence-corrected chi connectivity index (χ2v) is 5.99. The van der Waals surface area contributed by atoms with E-state index in [0.717, 1.165) is 12.3 Å². The van der Waals surface area contributed by atoms with Gasteiger partial charge in [-0.2, -0.15) is 0 Å². The average molecular weight is 260 g/mol. The lowest BCUT2D eigenvalue weighted by Crippen LogP contribution is -2.40. The Morgan fingerprint density at radius 2 is 2.00 bits per heavy atom. The van der Waals surface area contributed by atoms with Crippen molar-refractivity contribution in [1.82, 2.24) is 10.2 Å². The largest absolute Gasteiger partial charge is 0.312 e. The molecule has 0 aliphatic carbocycles. The van der Waals surface area contributed by atoms with E-state index in [9.17, 15) is 0 Å². The monoisotopic (exact) mass is 260 g/mol. The minimum Gasteiger partial charge on any atom is -0.312 e. The first kappa shape index (κ1) is 14.5. The van der Waals surface area contributed by atoms with Gasteiger partial charge in [0, 0.05) is 18.6 Å². The van der Waals surface area contributed by atoms with Crippen molar-refractivity contribution in [3.05, 3.63) is 35.4 Å². The summed E-state index contributed by atoms with van der Waals surface area (Å²) in [5, 5.41) is 3.51. The van der Waals surface area contributed by atoms with Gasteiger partial charge in [-0.05, 0) is 50.4 Å². The van der Waals surface area contributed by atoms with Crippen LogP contribution in [0.1, 0.15) is 44.4 Å². The van der Waals surface area contributed by atoms with Gasteiger partial charge in [-0.3, -0.25) is 4.90 Å². The van der Waals surface area contributed by atoms with Gasteiger partial charge in [0.2, 0.25) is 0 Å². The summed E-state index contributed by atoms with van der Waals surface area (Å²) in [6.45, 7) is 9.41. The van der Waals surface area contributed by atoms with Gasteiger partial charge in [0.1, 0.15) is 0 Å². The zero-order chi connectivity index (χ0) is 13.8. The molecule has 1 saturated heterocycles. The van der Waals surface area contributed by atoms with E-state index < -0.39 is 0 Å². The maximum Gasteiger partial charge on any atom is 0.0473 e. The molecule has 1 heterocycles. The van der Waals surface area contributed by atoms with Crippen molar-refractivity contribution >= 4 is 0 Å². The SMILES string of the molecule is CCc1ccc(C(NC)C(C)N2CCC(C)C2)cc1. The second kappa shape index (κ2) is 6.53. The molecule has 2 nitrogen and oxygen atoms in total. The van der Waals surface area contributed by atoms with E-state index >= 15 is 0 Å². The lowest BCUT2D eigenvalue weighted by molar-refractivity contribution is 0.206. The predicted octanol–water partition coefficient (Wildman–Crippen LogP) is 3.24. The fraction of sp³-hybridized carbons (Fsp3) is 0.647. The minimum absolute atomic E-state index is 0.427. The van der Waals surface area contributed by atoms with E-state index in [1.54, 1.807) is 0 Å². The third-order valence-corrected chi connectivity index (χ3v) is 4.57. The number of benzene rings is 1. The third kappa shape index (κ3) is 3.37. The number of likely N-dealkylation sites (tertiary alicyclic amines) is 1. The minimum atomic E-state index is 0.427. The molecule has 3 unspecified atom stereocenters.